The third-order valence-electron chi connectivity index (χ3n) is 6.30. The molecule has 5 nitrogen and oxygen atoms in total. The summed E-state index contributed by atoms with van der Waals surface area (Å²) in [6.07, 6.45) is 2.72. The third-order valence-corrected chi connectivity index (χ3v) is 7.16. The molecule has 2 aliphatic rings. The number of rotatable bonds is 5. The standard InChI is InChI=1S/C23H33N3O2S/c1-16-11-22(19(4)26(16)15-21-8-6-10-29-21)23(27)25-9-5-7-20(25)14-24-12-17(2)28-18(3)13-24/h6,8,10-11,17-18,20H,5,7,9,12-15H2,1-4H3. The highest BCUT2D eigenvalue weighted by atomic mass is 32.1. The minimum absolute atomic E-state index is 0.201. The van der Waals surface area contributed by atoms with Crippen molar-refractivity contribution in [2.24, 2.45) is 0 Å². The molecule has 1 amide bonds. The highest BCUT2D eigenvalue weighted by Gasteiger charge is 2.34. The Balaban J connectivity index is 1.48. The molecule has 6 heteroatoms. The van der Waals surface area contributed by atoms with Crippen LogP contribution in [0.5, 0.6) is 0 Å². The predicted octanol–water partition coefficient (Wildman–Crippen LogP) is 3.93. The number of hydrogen-bond acceptors (Lipinski definition) is 4. The van der Waals surface area contributed by atoms with Crippen LogP contribution in [0.2, 0.25) is 0 Å². The summed E-state index contributed by atoms with van der Waals surface area (Å²) >= 11 is 1.77. The molecule has 0 saturated carbocycles. The van der Waals surface area contributed by atoms with E-state index in [1.807, 2.05) is 0 Å². The summed E-state index contributed by atoms with van der Waals surface area (Å²) in [4.78, 5) is 19.4. The van der Waals surface area contributed by atoms with Gasteiger partial charge >= 0.3 is 0 Å². The van der Waals surface area contributed by atoms with Crippen LogP contribution in [-0.4, -0.2) is 64.7 Å². The minimum atomic E-state index is 0.201. The lowest BCUT2D eigenvalue weighted by Gasteiger charge is -2.38. The molecular formula is C23H33N3O2S. The molecule has 0 radical (unpaired) electrons. The first kappa shape index (κ1) is 20.6. The highest BCUT2D eigenvalue weighted by molar-refractivity contribution is 7.09. The fraction of sp³-hybridized carbons (Fsp3) is 0.609. The van der Waals surface area contributed by atoms with E-state index in [1.165, 1.54) is 4.88 Å². The normalized spacial score (nSPS) is 25.7. The van der Waals surface area contributed by atoms with Gasteiger partial charge in [-0.05, 0) is 58.0 Å². The zero-order valence-corrected chi connectivity index (χ0v) is 18.9. The molecule has 2 saturated heterocycles. The number of carbonyl (C=O) groups excluding carboxylic acids is 1. The monoisotopic (exact) mass is 415 g/mol. The topological polar surface area (TPSA) is 37.7 Å². The van der Waals surface area contributed by atoms with Crippen LogP contribution in [0.1, 0.15) is 53.3 Å². The second kappa shape index (κ2) is 8.62. The van der Waals surface area contributed by atoms with Gasteiger partial charge in [0, 0.05) is 48.5 Å². The quantitative estimate of drug-likeness (QED) is 0.743. The van der Waals surface area contributed by atoms with Gasteiger partial charge in [-0.25, -0.2) is 0 Å². The molecule has 4 rings (SSSR count). The van der Waals surface area contributed by atoms with Crippen molar-refractivity contribution in [2.75, 3.05) is 26.2 Å². The lowest BCUT2D eigenvalue weighted by molar-refractivity contribution is -0.0715. The van der Waals surface area contributed by atoms with Gasteiger partial charge in [-0.2, -0.15) is 0 Å². The number of amides is 1. The Morgan fingerprint density at radius 1 is 1.24 bits per heavy atom. The summed E-state index contributed by atoms with van der Waals surface area (Å²) < 4.78 is 8.15. The Hall–Kier alpha value is -1.63. The zero-order chi connectivity index (χ0) is 20.5. The first-order valence-corrected chi connectivity index (χ1v) is 11.7. The minimum Gasteiger partial charge on any atom is -0.373 e. The summed E-state index contributed by atoms with van der Waals surface area (Å²) in [6, 6.07) is 6.63. The predicted molar refractivity (Wildman–Crippen MR) is 118 cm³/mol. The number of ether oxygens (including phenoxy) is 1. The van der Waals surface area contributed by atoms with Crippen LogP contribution >= 0.6 is 11.3 Å². The number of thiophene rings is 1. The number of likely N-dealkylation sites (tertiary alicyclic amines) is 1. The molecule has 0 aromatic carbocycles. The van der Waals surface area contributed by atoms with Gasteiger partial charge in [-0.1, -0.05) is 6.07 Å². The number of carbonyl (C=O) groups is 1. The van der Waals surface area contributed by atoms with Crippen LogP contribution in [0.25, 0.3) is 0 Å². The lowest BCUT2D eigenvalue weighted by Crippen LogP contribution is -2.51. The van der Waals surface area contributed by atoms with Gasteiger partial charge in [-0.3, -0.25) is 9.69 Å². The Kier molecular flexibility index (Phi) is 6.13. The highest BCUT2D eigenvalue weighted by Crippen LogP contribution is 2.26. The molecule has 4 heterocycles. The third kappa shape index (κ3) is 4.44. The molecule has 0 spiro atoms. The van der Waals surface area contributed by atoms with E-state index in [-0.39, 0.29) is 18.1 Å². The van der Waals surface area contributed by atoms with Crippen LogP contribution < -0.4 is 0 Å². The number of morpholine rings is 1. The molecule has 0 N–H and O–H groups in total. The zero-order valence-electron chi connectivity index (χ0n) is 18.1. The van der Waals surface area contributed by atoms with Gasteiger partial charge in [0.2, 0.25) is 0 Å². The van der Waals surface area contributed by atoms with E-state index >= 15 is 0 Å². The first-order chi connectivity index (χ1) is 13.9. The maximum Gasteiger partial charge on any atom is 0.255 e. The molecule has 29 heavy (non-hydrogen) atoms. The van der Waals surface area contributed by atoms with E-state index in [9.17, 15) is 4.79 Å². The van der Waals surface area contributed by atoms with Crippen LogP contribution in [-0.2, 0) is 11.3 Å². The van der Waals surface area contributed by atoms with E-state index in [0.717, 1.165) is 62.5 Å². The smallest absolute Gasteiger partial charge is 0.255 e. The fourth-order valence-electron chi connectivity index (χ4n) is 5.00. The van der Waals surface area contributed by atoms with Gasteiger partial charge in [-0.15, -0.1) is 11.3 Å². The Morgan fingerprint density at radius 2 is 2.00 bits per heavy atom. The SMILES string of the molecule is Cc1cc(C(=O)N2CCCC2CN2CC(C)OC(C)C2)c(C)n1Cc1cccs1. The fourth-order valence-corrected chi connectivity index (χ4v) is 5.69. The van der Waals surface area contributed by atoms with E-state index in [1.54, 1.807) is 11.3 Å². The van der Waals surface area contributed by atoms with Crippen molar-refractivity contribution in [3.8, 4) is 0 Å². The Labute approximate surface area is 178 Å². The van der Waals surface area contributed by atoms with Crippen molar-refractivity contribution in [3.63, 3.8) is 0 Å². The Bertz CT molecular complexity index is 835. The molecule has 2 aromatic heterocycles. The summed E-state index contributed by atoms with van der Waals surface area (Å²) in [7, 11) is 0. The van der Waals surface area contributed by atoms with Crippen LogP contribution in [0.3, 0.4) is 0 Å². The van der Waals surface area contributed by atoms with Crippen molar-refractivity contribution in [1.82, 2.24) is 14.4 Å². The van der Waals surface area contributed by atoms with Crippen LogP contribution in [0.15, 0.2) is 23.6 Å². The van der Waals surface area contributed by atoms with Crippen LogP contribution in [0.4, 0.5) is 0 Å². The molecule has 158 valence electrons. The van der Waals surface area contributed by atoms with Crippen molar-refractivity contribution >= 4 is 17.2 Å². The number of hydrogen-bond donors (Lipinski definition) is 0. The van der Waals surface area contributed by atoms with Gasteiger partial charge in [0.15, 0.2) is 0 Å². The average molecular weight is 416 g/mol. The molecule has 0 aliphatic carbocycles. The molecule has 3 unspecified atom stereocenters. The molecule has 3 atom stereocenters. The molecular weight excluding hydrogens is 382 g/mol. The molecule has 2 fully saturated rings. The van der Waals surface area contributed by atoms with E-state index in [0.29, 0.717) is 6.04 Å². The molecule has 0 bridgehead atoms. The number of nitrogens with zero attached hydrogens (tertiary/aromatic N) is 3. The first-order valence-electron chi connectivity index (χ1n) is 10.8. The number of aryl methyl sites for hydroxylation is 1. The maximum atomic E-state index is 13.5. The summed E-state index contributed by atoms with van der Waals surface area (Å²) in [5.74, 6) is 0.201. The summed E-state index contributed by atoms with van der Waals surface area (Å²) in [5, 5.41) is 2.11. The molecule has 2 aromatic rings. The lowest BCUT2D eigenvalue weighted by atomic mass is 10.1. The summed E-state index contributed by atoms with van der Waals surface area (Å²) in [6.45, 7) is 13.1. The van der Waals surface area contributed by atoms with Crippen LogP contribution in [0, 0.1) is 13.8 Å². The Morgan fingerprint density at radius 3 is 2.69 bits per heavy atom. The van der Waals surface area contributed by atoms with E-state index < -0.39 is 0 Å². The van der Waals surface area contributed by atoms with Gasteiger partial charge in [0.1, 0.15) is 0 Å². The van der Waals surface area contributed by atoms with E-state index in [4.69, 9.17) is 4.74 Å². The van der Waals surface area contributed by atoms with Crippen molar-refractivity contribution in [2.45, 2.75) is 65.3 Å². The van der Waals surface area contributed by atoms with Gasteiger partial charge in [0.25, 0.3) is 5.91 Å². The number of aromatic nitrogens is 1. The van der Waals surface area contributed by atoms with Crippen molar-refractivity contribution in [1.29, 1.82) is 0 Å². The average Bonchev–Trinajstić information content (AvgIpc) is 3.38. The van der Waals surface area contributed by atoms with Crippen molar-refractivity contribution in [3.05, 3.63) is 45.4 Å². The van der Waals surface area contributed by atoms with Gasteiger partial charge in [0.05, 0.1) is 24.3 Å². The summed E-state index contributed by atoms with van der Waals surface area (Å²) in [5.41, 5.74) is 3.11. The molecule has 2 aliphatic heterocycles. The van der Waals surface area contributed by atoms with Crippen molar-refractivity contribution < 1.29 is 9.53 Å². The van der Waals surface area contributed by atoms with Gasteiger partial charge < -0.3 is 14.2 Å². The maximum absolute atomic E-state index is 13.5. The second-order valence-electron chi connectivity index (χ2n) is 8.72. The largest absolute Gasteiger partial charge is 0.373 e. The van der Waals surface area contributed by atoms with E-state index in [2.05, 4.69) is 65.6 Å². The second-order valence-corrected chi connectivity index (χ2v) is 9.75.